The van der Waals surface area contributed by atoms with E-state index in [2.05, 4.69) is 20.8 Å². The minimum absolute atomic E-state index is 0.186. The van der Waals surface area contributed by atoms with Gasteiger partial charge < -0.3 is 5.11 Å². The van der Waals surface area contributed by atoms with Crippen LogP contribution >= 0.6 is 39.1 Å². The Morgan fingerprint density at radius 3 is 2.56 bits per heavy atom. The summed E-state index contributed by atoms with van der Waals surface area (Å²) in [6.45, 7) is 0.731. The summed E-state index contributed by atoms with van der Waals surface area (Å²) in [5.74, 6) is -0.778. The van der Waals surface area contributed by atoms with Crippen LogP contribution in [0.25, 0.3) is 0 Å². The Labute approximate surface area is 165 Å². The Balaban J connectivity index is 2.10. The van der Waals surface area contributed by atoms with E-state index in [9.17, 15) is 9.90 Å². The molecule has 1 fully saturated rings. The highest BCUT2D eigenvalue weighted by Crippen LogP contribution is 2.37. The van der Waals surface area contributed by atoms with E-state index in [0.717, 1.165) is 35.0 Å². The first-order valence-corrected chi connectivity index (χ1v) is 9.71. The molecule has 2 unspecified atom stereocenters. The van der Waals surface area contributed by atoms with Gasteiger partial charge in [0.25, 0.3) is 0 Å². The van der Waals surface area contributed by atoms with Crippen molar-refractivity contribution in [2.24, 2.45) is 0 Å². The van der Waals surface area contributed by atoms with Crippen molar-refractivity contribution in [2.75, 3.05) is 6.54 Å². The van der Waals surface area contributed by atoms with Gasteiger partial charge in [-0.15, -0.1) is 0 Å². The molecular weight excluding hydrogens is 425 g/mol. The summed E-state index contributed by atoms with van der Waals surface area (Å²) in [7, 11) is 0. The van der Waals surface area contributed by atoms with E-state index >= 15 is 0 Å². The predicted octanol–water partition coefficient (Wildman–Crippen LogP) is 5.78. The highest BCUT2D eigenvalue weighted by molar-refractivity contribution is 9.10. The van der Waals surface area contributed by atoms with Crippen molar-refractivity contribution in [3.8, 4) is 0 Å². The van der Waals surface area contributed by atoms with Gasteiger partial charge in [0.2, 0.25) is 0 Å². The standard InChI is InChI=1S/C19H18BrCl2NO2/c20-14-5-3-4-12(10-14)18(13-7-8-15(21)16(22)11-13)23-9-2-1-6-17(23)19(24)25/h3-5,7-8,10-11,17-18H,1-2,6,9H2,(H,24,25). The molecule has 25 heavy (non-hydrogen) atoms. The van der Waals surface area contributed by atoms with E-state index in [1.807, 2.05) is 36.4 Å². The zero-order chi connectivity index (χ0) is 18.0. The summed E-state index contributed by atoms with van der Waals surface area (Å²) >= 11 is 15.8. The number of aliphatic carboxylic acids is 1. The van der Waals surface area contributed by atoms with Crippen molar-refractivity contribution in [3.05, 3.63) is 68.1 Å². The van der Waals surface area contributed by atoms with Gasteiger partial charge >= 0.3 is 5.97 Å². The number of rotatable bonds is 4. The molecule has 2 aromatic carbocycles. The first-order valence-electron chi connectivity index (χ1n) is 8.16. The second kappa shape index (κ2) is 8.09. The number of hydrogen-bond donors (Lipinski definition) is 1. The van der Waals surface area contributed by atoms with Crippen molar-refractivity contribution in [1.29, 1.82) is 0 Å². The number of carboxylic acid groups (broad SMARTS) is 1. The van der Waals surface area contributed by atoms with Crippen LogP contribution in [-0.4, -0.2) is 28.6 Å². The topological polar surface area (TPSA) is 40.5 Å². The first kappa shape index (κ1) is 18.7. The van der Waals surface area contributed by atoms with Crippen LogP contribution in [0.5, 0.6) is 0 Å². The quantitative estimate of drug-likeness (QED) is 0.651. The van der Waals surface area contributed by atoms with Crippen LogP contribution in [0.4, 0.5) is 0 Å². The largest absolute Gasteiger partial charge is 0.480 e. The monoisotopic (exact) mass is 441 g/mol. The summed E-state index contributed by atoms with van der Waals surface area (Å²) in [6, 6.07) is 12.8. The van der Waals surface area contributed by atoms with Gasteiger partial charge in [-0.05, 0) is 54.8 Å². The Kier molecular flexibility index (Phi) is 6.05. The van der Waals surface area contributed by atoms with Gasteiger partial charge in [-0.3, -0.25) is 9.69 Å². The van der Waals surface area contributed by atoms with E-state index in [4.69, 9.17) is 23.2 Å². The Morgan fingerprint density at radius 2 is 1.88 bits per heavy atom. The van der Waals surface area contributed by atoms with E-state index in [-0.39, 0.29) is 6.04 Å². The lowest BCUT2D eigenvalue weighted by Crippen LogP contribution is -2.46. The molecule has 132 valence electrons. The fraction of sp³-hybridized carbons (Fsp3) is 0.316. The van der Waals surface area contributed by atoms with Crippen LogP contribution in [0.15, 0.2) is 46.9 Å². The van der Waals surface area contributed by atoms with E-state index in [1.165, 1.54) is 0 Å². The van der Waals surface area contributed by atoms with Crippen molar-refractivity contribution < 1.29 is 9.90 Å². The smallest absolute Gasteiger partial charge is 0.320 e. The molecule has 0 saturated carbocycles. The van der Waals surface area contributed by atoms with Gasteiger partial charge in [0.1, 0.15) is 6.04 Å². The van der Waals surface area contributed by atoms with Crippen molar-refractivity contribution in [3.63, 3.8) is 0 Å². The van der Waals surface area contributed by atoms with Crippen molar-refractivity contribution >= 4 is 45.1 Å². The molecule has 2 atom stereocenters. The van der Waals surface area contributed by atoms with Crippen LogP contribution < -0.4 is 0 Å². The molecule has 3 rings (SSSR count). The Bertz CT molecular complexity index is 784. The zero-order valence-electron chi connectivity index (χ0n) is 13.5. The molecule has 1 heterocycles. The van der Waals surface area contributed by atoms with Crippen molar-refractivity contribution in [1.82, 2.24) is 4.90 Å². The third-order valence-corrected chi connectivity index (χ3v) is 5.82. The van der Waals surface area contributed by atoms with Crippen LogP contribution in [-0.2, 0) is 4.79 Å². The van der Waals surface area contributed by atoms with Gasteiger partial charge in [-0.2, -0.15) is 0 Å². The maximum absolute atomic E-state index is 11.8. The van der Waals surface area contributed by atoms with Crippen LogP contribution in [0.1, 0.15) is 36.4 Å². The highest BCUT2D eigenvalue weighted by Gasteiger charge is 2.35. The van der Waals surface area contributed by atoms with E-state index in [0.29, 0.717) is 16.5 Å². The molecular formula is C19H18BrCl2NO2. The molecule has 1 aliphatic heterocycles. The fourth-order valence-corrected chi connectivity index (χ4v) is 4.19. The highest BCUT2D eigenvalue weighted by atomic mass is 79.9. The number of nitrogens with zero attached hydrogens (tertiary/aromatic N) is 1. The molecule has 0 aliphatic carbocycles. The molecule has 0 amide bonds. The SMILES string of the molecule is O=C(O)C1CCCCN1C(c1cccc(Br)c1)c1ccc(Cl)c(Cl)c1. The Morgan fingerprint density at radius 1 is 1.12 bits per heavy atom. The van der Waals surface area contributed by atoms with Gasteiger partial charge in [-0.25, -0.2) is 0 Å². The van der Waals surface area contributed by atoms with Crippen LogP contribution in [0, 0.1) is 0 Å². The second-order valence-electron chi connectivity index (χ2n) is 6.22. The van der Waals surface area contributed by atoms with E-state index in [1.54, 1.807) is 6.07 Å². The fourth-order valence-electron chi connectivity index (χ4n) is 3.46. The molecule has 0 spiro atoms. The number of carboxylic acids is 1. The lowest BCUT2D eigenvalue weighted by atomic mass is 9.92. The minimum atomic E-state index is -0.778. The number of halogens is 3. The minimum Gasteiger partial charge on any atom is -0.480 e. The predicted molar refractivity (Wildman–Crippen MR) is 104 cm³/mol. The lowest BCUT2D eigenvalue weighted by Gasteiger charge is -2.39. The summed E-state index contributed by atoms with van der Waals surface area (Å²) in [6.07, 6.45) is 2.57. The third-order valence-electron chi connectivity index (χ3n) is 4.58. The van der Waals surface area contributed by atoms with Gasteiger partial charge in [0.15, 0.2) is 0 Å². The molecule has 1 aliphatic rings. The van der Waals surface area contributed by atoms with Crippen LogP contribution in [0.3, 0.4) is 0 Å². The summed E-state index contributed by atoms with van der Waals surface area (Å²) in [5, 5.41) is 10.7. The maximum atomic E-state index is 11.8. The van der Waals surface area contributed by atoms with Gasteiger partial charge in [0.05, 0.1) is 16.1 Å². The van der Waals surface area contributed by atoms with Crippen molar-refractivity contribution in [2.45, 2.75) is 31.3 Å². The first-order chi connectivity index (χ1) is 12.0. The summed E-state index contributed by atoms with van der Waals surface area (Å²) in [5.41, 5.74) is 1.97. The average molecular weight is 443 g/mol. The molecule has 0 bridgehead atoms. The number of benzene rings is 2. The second-order valence-corrected chi connectivity index (χ2v) is 7.95. The lowest BCUT2D eigenvalue weighted by molar-refractivity contribution is -0.145. The number of likely N-dealkylation sites (tertiary alicyclic amines) is 1. The number of carbonyl (C=O) groups is 1. The average Bonchev–Trinajstić information content (AvgIpc) is 2.59. The summed E-state index contributed by atoms with van der Waals surface area (Å²) < 4.78 is 0.957. The maximum Gasteiger partial charge on any atom is 0.320 e. The summed E-state index contributed by atoms with van der Waals surface area (Å²) in [4.78, 5) is 13.9. The molecule has 3 nitrogen and oxygen atoms in total. The van der Waals surface area contributed by atoms with E-state index < -0.39 is 12.0 Å². The Hall–Kier alpha value is -1.07. The molecule has 2 aromatic rings. The zero-order valence-corrected chi connectivity index (χ0v) is 16.6. The normalized spacial score (nSPS) is 19.6. The van der Waals surface area contributed by atoms with Crippen LogP contribution in [0.2, 0.25) is 10.0 Å². The number of piperidine rings is 1. The molecule has 0 radical (unpaired) electrons. The molecule has 1 saturated heterocycles. The molecule has 1 N–H and O–H groups in total. The van der Waals surface area contributed by atoms with Gasteiger partial charge in [-0.1, -0.05) is 63.8 Å². The molecule has 6 heteroatoms. The third kappa shape index (κ3) is 4.20. The van der Waals surface area contributed by atoms with Gasteiger partial charge in [0, 0.05) is 4.47 Å². The molecule has 0 aromatic heterocycles. The number of hydrogen-bond acceptors (Lipinski definition) is 2.